The summed E-state index contributed by atoms with van der Waals surface area (Å²) in [4.78, 5) is 9.89. The van der Waals surface area contributed by atoms with Crippen molar-refractivity contribution >= 4 is 5.69 Å². The smallest absolute Gasteiger partial charge is 0.269 e. The van der Waals surface area contributed by atoms with Gasteiger partial charge in [-0.25, -0.2) is 0 Å². The number of hydrogen-bond acceptors (Lipinski definition) is 4. The van der Waals surface area contributed by atoms with E-state index in [0.717, 1.165) is 0 Å². The summed E-state index contributed by atoms with van der Waals surface area (Å²) < 4.78 is 10.4. The van der Waals surface area contributed by atoms with Crippen LogP contribution < -0.4 is 4.74 Å². The molecule has 1 aliphatic rings. The number of ether oxygens (including phenoxy) is 2. The molecule has 1 aromatic carbocycles. The van der Waals surface area contributed by atoms with E-state index in [1.807, 2.05) is 6.92 Å². The Balaban J connectivity index is 2.02. The highest BCUT2D eigenvalue weighted by Gasteiger charge is 2.36. The molecule has 1 aliphatic heterocycles. The first-order chi connectivity index (χ1) is 6.66. The minimum absolute atomic E-state index is 0.0575. The zero-order valence-corrected chi connectivity index (χ0v) is 7.54. The van der Waals surface area contributed by atoms with Crippen LogP contribution in [0.15, 0.2) is 24.3 Å². The first-order valence-electron chi connectivity index (χ1n) is 4.23. The maximum atomic E-state index is 10.3. The van der Waals surface area contributed by atoms with Crippen LogP contribution >= 0.6 is 0 Å². The highest BCUT2D eigenvalue weighted by atomic mass is 16.8. The first-order valence-corrected chi connectivity index (χ1v) is 4.23. The summed E-state index contributed by atoms with van der Waals surface area (Å²) in [5.41, 5.74) is 0.0575. The fourth-order valence-corrected chi connectivity index (χ4v) is 1.07. The summed E-state index contributed by atoms with van der Waals surface area (Å²) in [6.07, 6.45) is -0.0818. The number of rotatable bonds is 3. The molecule has 2 atom stereocenters. The van der Waals surface area contributed by atoms with Gasteiger partial charge in [0.05, 0.1) is 4.92 Å². The van der Waals surface area contributed by atoms with Crippen molar-refractivity contribution in [3.05, 3.63) is 34.4 Å². The van der Waals surface area contributed by atoms with Crippen LogP contribution in [0.2, 0.25) is 0 Å². The van der Waals surface area contributed by atoms with E-state index >= 15 is 0 Å². The van der Waals surface area contributed by atoms with E-state index in [-0.39, 0.29) is 18.1 Å². The van der Waals surface area contributed by atoms with E-state index in [4.69, 9.17) is 9.47 Å². The van der Waals surface area contributed by atoms with Crippen molar-refractivity contribution in [3.8, 4) is 5.75 Å². The number of non-ortho nitro benzene ring substituents is 1. The summed E-state index contributed by atoms with van der Waals surface area (Å²) in [5.74, 6) is 0.588. The van der Waals surface area contributed by atoms with Gasteiger partial charge in [0, 0.05) is 12.1 Å². The molecule has 14 heavy (non-hydrogen) atoms. The van der Waals surface area contributed by atoms with E-state index in [9.17, 15) is 10.1 Å². The Morgan fingerprint density at radius 1 is 1.43 bits per heavy atom. The minimum Gasteiger partial charge on any atom is -0.462 e. The van der Waals surface area contributed by atoms with Crippen LogP contribution in [0.5, 0.6) is 5.75 Å². The Kier molecular flexibility index (Phi) is 2.09. The molecule has 1 unspecified atom stereocenters. The first kappa shape index (κ1) is 8.96. The maximum Gasteiger partial charge on any atom is 0.269 e. The van der Waals surface area contributed by atoms with Crippen LogP contribution in [0.4, 0.5) is 5.69 Å². The summed E-state index contributed by atoms with van der Waals surface area (Å²) >= 11 is 0. The number of hydrogen-bond donors (Lipinski definition) is 0. The quantitative estimate of drug-likeness (QED) is 0.418. The molecule has 0 saturated carbocycles. The maximum absolute atomic E-state index is 10.3. The second-order valence-electron chi connectivity index (χ2n) is 3.08. The normalized spacial score (nSPS) is 24.4. The summed E-state index contributed by atoms with van der Waals surface area (Å²) in [6.45, 7) is 1.90. The van der Waals surface area contributed by atoms with Crippen molar-refractivity contribution in [2.24, 2.45) is 0 Å². The molecule has 0 spiro atoms. The van der Waals surface area contributed by atoms with E-state index in [1.165, 1.54) is 12.1 Å². The Hall–Kier alpha value is -1.62. The van der Waals surface area contributed by atoms with E-state index in [1.54, 1.807) is 12.1 Å². The van der Waals surface area contributed by atoms with Crippen LogP contribution in [0.3, 0.4) is 0 Å². The van der Waals surface area contributed by atoms with Gasteiger partial charge >= 0.3 is 0 Å². The van der Waals surface area contributed by atoms with Gasteiger partial charge in [0.15, 0.2) is 0 Å². The third-order valence-corrected chi connectivity index (χ3v) is 1.96. The highest BCUT2D eigenvalue weighted by Crippen LogP contribution is 2.26. The molecule has 1 fully saturated rings. The molecule has 5 nitrogen and oxygen atoms in total. The topological polar surface area (TPSA) is 64.9 Å². The SMILES string of the molecule is C[C@H]1OC1Oc1ccc([N+](=O)[O-])cc1. The molecular weight excluding hydrogens is 186 g/mol. The van der Waals surface area contributed by atoms with E-state index < -0.39 is 4.92 Å². The summed E-state index contributed by atoms with van der Waals surface area (Å²) in [6, 6.07) is 5.93. The number of nitrogens with zero attached hydrogens (tertiary/aromatic N) is 1. The van der Waals surface area contributed by atoms with Crippen molar-refractivity contribution in [2.45, 2.75) is 19.3 Å². The summed E-state index contributed by atoms with van der Waals surface area (Å²) in [7, 11) is 0. The predicted molar refractivity (Wildman–Crippen MR) is 48.1 cm³/mol. The molecule has 74 valence electrons. The molecule has 5 heteroatoms. The molecule has 1 heterocycles. The van der Waals surface area contributed by atoms with Crippen LogP contribution in [0, 0.1) is 10.1 Å². The van der Waals surface area contributed by atoms with Crippen LogP contribution in [-0.2, 0) is 4.74 Å². The lowest BCUT2D eigenvalue weighted by molar-refractivity contribution is -0.384. The molecule has 2 rings (SSSR count). The second kappa shape index (κ2) is 3.26. The second-order valence-corrected chi connectivity index (χ2v) is 3.08. The Labute approximate surface area is 80.4 Å². The molecule has 1 aromatic rings. The van der Waals surface area contributed by atoms with Gasteiger partial charge in [-0.3, -0.25) is 10.1 Å². The van der Waals surface area contributed by atoms with Crippen molar-refractivity contribution in [1.82, 2.24) is 0 Å². The molecule has 0 amide bonds. The number of benzene rings is 1. The van der Waals surface area contributed by atoms with Gasteiger partial charge in [-0.05, 0) is 19.1 Å². The molecule has 1 saturated heterocycles. The number of nitro groups is 1. The molecular formula is C9H9NO4. The van der Waals surface area contributed by atoms with Gasteiger partial charge in [-0.2, -0.15) is 0 Å². The molecule has 0 N–H and O–H groups in total. The molecule has 0 radical (unpaired) electrons. The Morgan fingerprint density at radius 3 is 2.43 bits per heavy atom. The van der Waals surface area contributed by atoms with Gasteiger partial charge < -0.3 is 9.47 Å². The largest absolute Gasteiger partial charge is 0.462 e. The lowest BCUT2D eigenvalue weighted by atomic mass is 10.3. The molecule has 0 aromatic heterocycles. The molecule has 0 aliphatic carbocycles. The monoisotopic (exact) mass is 195 g/mol. The Morgan fingerprint density at radius 2 is 2.00 bits per heavy atom. The van der Waals surface area contributed by atoms with Gasteiger partial charge in [0.25, 0.3) is 5.69 Å². The van der Waals surface area contributed by atoms with Gasteiger partial charge in [0.1, 0.15) is 11.9 Å². The summed E-state index contributed by atoms with van der Waals surface area (Å²) in [5, 5.41) is 10.3. The number of nitro benzene ring substituents is 1. The van der Waals surface area contributed by atoms with Crippen LogP contribution in [0.25, 0.3) is 0 Å². The van der Waals surface area contributed by atoms with Gasteiger partial charge in [-0.15, -0.1) is 0 Å². The van der Waals surface area contributed by atoms with E-state index in [2.05, 4.69) is 0 Å². The predicted octanol–water partition coefficient (Wildman–Crippen LogP) is 1.72. The van der Waals surface area contributed by atoms with Crippen molar-refractivity contribution in [1.29, 1.82) is 0 Å². The average Bonchev–Trinajstić information content (AvgIpc) is 2.82. The van der Waals surface area contributed by atoms with E-state index in [0.29, 0.717) is 5.75 Å². The zero-order chi connectivity index (χ0) is 10.1. The lowest BCUT2D eigenvalue weighted by Crippen LogP contribution is -2.00. The van der Waals surface area contributed by atoms with Gasteiger partial charge in [-0.1, -0.05) is 0 Å². The third-order valence-electron chi connectivity index (χ3n) is 1.96. The standard InChI is InChI=1S/C9H9NO4/c1-6-9(13-6)14-8-4-2-7(3-5-8)10(11)12/h2-6,9H,1H3/t6-,9?/m1/s1. The third kappa shape index (κ3) is 1.82. The lowest BCUT2D eigenvalue weighted by Gasteiger charge is -2.00. The average molecular weight is 195 g/mol. The van der Waals surface area contributed by atoms with Crippen LogP contribution in [0.1, 0.15) is 6.92 Å². The fourth-order valence-electron chi connectivity index (χ4n) is 1.07. The van der Waals surface area contributed by atoms with Crippen molar-refractivity contribution in [3.63, 3.8) is 0 Å². The zero-order valence-electron chi connectivity index (χ0n) is 7.54. The minimum atomic E-state index is -0.444. The van der Waals surface area contributed by atoms with Gasteiger partial charge in [0.2, 0.25) is 6.29 Å². The van der Waals surface area contributed by atoms with Crippen molar-refractivity contribution < 1.29 is 14.4 Å². The fraction of sp³-hybridized carbons (Fsp3) is 0.333. The molecule has 0 bridgehead atoms. The number of epoxide rings is 1. The van der Waals surface area contributed by atoms with Crippen LogP contribution in [-0.4, -0.2) is 17.3 Å². The highest BCUT2D eigenvalue weighted by molar-refractivity contribution is 5.36. The Bertz CT molecular complexity index is 348. The van der Waals surface area contributed by atoms with Crippen molar-refractivity contribution in [2.75, 3.05) is 0 Å².